The minimum absolute atomic E-state index is 0.0219. The van der Waals surface area contributed by atoms with E-state index in [2.05, 4.69) is 0 Å². The lowest BCUT2D eigenvalue weighted by Gasteiger charge is -2.14. The van der Waals surface area contributed by atoms with Crippen molar-refractivity contribution in [3.63, 3.8) is 0 Å². The van der Waals surface area contributed by atoms with Crippen LogP contribution in [0.25, 0.3) is 0 Å². The van der Waals surface area contributed by atoms with Gasteiger partial charge in [-0.15, -0.1) is 0 Å². The van der Waals surface area contributed by atoms with Crippen molar-refractivity contribution in [2.24, 2.45) is 11.5 Å². The lowest BCUT2D eigenvalue weighted by atomic mass is 10.0. The number of carbonyl (C=O) groups excluding carboxylic acids is 3. The summed E-state index contributed by atoms with van der Waals surface area (Å²) in [6, 6.07) is 12.5. The molecule has 2 rings (SSSR count). The number of nitrogens with two attached hydrogens (primary N) is 2. The lowest BCUT2D eigenvalue weighted by Crippen LogP contribution is -2.31. The van der Waals surface area contributed by atoms with Gasteiger partial charge in [0.1, 0.15) is 18.4 Å². The molecule has 7 nitrogen and oxygen atoms in total. The SMILES string of the molecule is C[C@H](N)C(=O)Oc1cccc(C(=O)OCc2ccccc2)c1C(=O)CN. The highest BCUT2D eigenvalue weighted by Gasteiger charge is 2.24. The van der Waals surface area contributed by atoms with E-state index in [1.807, 2.05) is 18.2 Å². The molecule has 0 radical (unpaired) electrons. The van der Waals surface area contributed by atoms with Crippen LogP contribution in [0.1, 0.15) is 33.2 Å². The van der Waals surface area contributed by atoms with Crippen LogP contribution in [0.15, 0.2) is 48.5 Å². The summed E-state index contributed by atoms with van der Waals surface area (Å²) in [6.45, 7) is 1.14. The molecule has 0 spiro atoms. The molecule has 0 aliphatic heterocycles. The second-order valence-corrected chi connectivity index (χ2v) is 5.58. The Hall–Kier alpha value is -3.03. The highest BCUT2D eigenvalue weighted by atomic mass is 16.5. The molecule has 2 aromatic rings. The van der Waals surface area contributed by atoms with E-state index < -0.39 is 23.8 Å². The minimum atomic E-state index is -0.885. The Kier molecular flexibility index (Phi) is 6.60. The van der Waals surface area contributed by atoms with Gasteiger partial charge in [-0.2, -0.15) is 0 Å². The summed E-state index contributed by atoms with van der Waals surface area (Å²) in [4.78, 5) is 36.4. The van der Waals surface area contributed by atoms with Gasteiger partial charge in [-0.25, -0.2) is 9.59 Å². The molecule has 0 saturated carbocycles. The van der Waals surface area contributed by atoms with Crippen LogP contribution in [0.3, 0.4) is 0 Å². The molecular weight excluding hydrogens is 336 g/mol. The van der Waals surface area contributed by atoms with Crippen molar-refractivity contribution in [2.75, 3.05) is 6.54 Å². The van der Waals surface area contributed by atoms with Gasteiger partial charge >= 0.3 is 11.9 Å². The molecule has 0 heterocycles. The molecule has 7 heteroatoms. The van der Waals surface area contributed by atoms with Gasteiger partial charge in [0.15, 0.2) is 5.78 Å². The Balaban J connectivity index is 2.30. The van der Waals surface area contributed by atoms with Crippen LogP contribution < -0.4 is 16.2 Å². The van der Waals surface area contributed by atoms with Gasteiger partial charge < -0.3 is 20.9 Å². The lowest BCUT2D eigenvalue weighted by molar-refractivity contribution is -0.135. The van der Waals surface area contributed by atoms with Crippen LogP contribution in [0.4, 0.5) is 0 Å². The van der Waals surface area contributed by atoms with Crippen molar-refractivity contribution in [2.45, 2.75) is 19.6 Å². The van der Waals surface area contributed by atoms with Crippen molar-refractivity contribution < 1.29 is 23.9 Å². The smallest absolute Gasteiger partial charge is 0.339 e. The zero-order valence-corrected chi connectivity index (χ0v) is 14.3. The quantitative estimate of drug-likeness (QED) is 0.437. The predicted octanol–water partition coefficient (Wildman–Crippen LogP) is 1.44. The molecule has 0 unspecified atom stereocenters. The summed E-state index contributed by atoms with van der Waals surface area (Å²) >= 11 is 0. The molecule has 0 aliphatic rings. The number of ether oxygens (including phenoxy) is 2. The highest BCUT2D eigenvalue weighted by Crippen LogP contribution is 2.24. The molecule has 2 aromatic carbocycles. The van der Waals surface area contributed by atoms with Crippen LogP contribution in [0, 0.1) is 0 Å². The molecule has 0 saturated heterocycles. The maximum Gasteiger partial charge on any atom is 0.339 e. The first-order valence-electron chi connectivity index (χ1n) is 7.98. The second kappa shape index (κ2) is 8.89. The monoisotopic (exact) mass is 356 g/mol. The van der Waals surface area contributed by atoms with E-state index in [0.29, 0.717) is 0 Å². The number of rotatable bonds is 7. The zero-order chi connectivity index (χ0) is 19.1. The summed E-state index contributed by atoms with van der Waals surface area (Å²) < 4.78 is 10.4. The third-order valence-electron chi connectivity index (χ3n) is 3.51. The van der Waals surface area contributed by atoms with Crippen molar-refractivity contribution in [3.05, 3.63) is 65.2 Å². The topological polar surface area (TPSA) is 122 Å². The first-order valence-corrected chi connectivity index (χ1v) is 7.98. The fraction of sp³-hybridized carbons (Fsp3) is 0.211. The van der Waals surface area contributed by atoms with Gasteiger partial charge in [0.05, 0.1) is 17.7 Å². The van der Waals surface area contributed by atoms with E-state index in [1.165, 1.54) is 25.1 Å². The van der Waals surface area contributed by atoms with Gasteiger partial charge in [0, 0.05) is 0 Å². The number of hydrogen-bond donors (Lipinski definition) is 2. The van der Waals surface area contributed by atoms with Gasteiger partial charge in [-0.3, -0.25) is 4.79 Å². The number of Topliss-reactive ketones (excluding diaryl/α,β-unsaturated/α-hetero) is 1. The Morgan fingerprint density at radius 3 is 2.35 bits per heavy atom. The molecule has 0 fully saturated rings. The van der Waals surface area contributed by atoms with Crippen LogP contribution in [0.5, 0.6) is 5.75 Å². The molecule has 0 aromatic heterocycles. The second-order valence-electron chi connectivity index (χ2n) is 5.58. The van der Waals surface area contributed by atoms with E-state index in [4.69, 9.17) is 20.9 Å². The fourth-order valence-corrected chi connectivity index (χ4v) is 2.18. The molecule has 4 N–H and O–H groups in total. The predicted molar refractivity (Wildman–Crippen MR) is 94.7 cm³/mol. The largest absolute Gasteiger partial charge is 0.457 e. The first kappa shape index (κ1) is 19.3. The highest BCUT2D eigenvalue weighted by molar-refractivity contribution is 6.09. The summed E-state index contributed by atoms with van der Waals surface area (Å²) in [5, 5.41) is 0. The fourth-order valence-electron chi connectivity index (χ4n) is 2.18. The average molecular weight is 356 g/mol. The molecule has 0 aliphatic carbocycles. The van der Waals surface area contributed by atoms with E-state index >= 15 is 0 Å². The standard InChI is InChI=1S/C19H20N2O5/c1-12(21)18(23)26-16-9-5-8-14(17(16)15(22)10-20)19(24)25-11-13-6-3-2-4-7-13/h2-9,12H,10-11,20-21H2,1H3/t12-/m0/s1. The Morgan fingerprint density at radius 1 is 1.04 bits per heavy atom. The summed E-state index contributed by atoms with van der Waals surface area (Å²) in [5.74, 6) is -2.07. The van der Waals surface area contributed by atoms with E-state index in [9.17, 15) is 14.4 Å². The molecule has 1 atom stereocenters. The molecule has 0 amide bonds. The molecule has 26 heavy (non-hydrogen) atoms. The Morgan fingerprint density at radius 2 is 1.73 bits per heavy atom. The van der Waals surface area contributed by atoms with Crippen LogP contribution in [-0.4, -0.2) is 30.3 Å². The van der Waals surface area contributed by atoms with Crippen molar-refractivity contribution in [3.8, 4) is 5.75 Å². The number of esters is 2. The first-order chi connectivity index (χ1) is 12.4. The molecule has 136 valence electrons. The van der Waals surface area contributed by atoms with E-state index in [1.54, 1.807) is 12.1 Å². The van der Waals surface area contributed by atoms with Gasteiger partial charge in [0.25, 0.3) is 0 Å². The van der Waals surface area contributed by atoms with Gasteiger partial charge in [-0.05, 0) is 24.6 Å². The van der Waals surface area contributed by atoms with E-state index in [0.717, 1.165) is 5.56 Å². The number of ketones is 1. The van der Waals surface area contributed by atoms with E-state index in [-0.39, 0.29) is 30.0 Å². The van der Waals surface area contributed by atoms with Crippen molar-refractivity contribution in [1.29, 1.82) is 0 Å². The maximum absolute atomic E-state index is 12.5. The number of carbonyl (C=O) groups is 3. The molecular formula is C19H20N2O5. The van der Waals surface area contributed by atoms with Gasteiger partial charge in [0.2, 0.25) is 0 Å². The normalized spacial score (nSPS) is 11.5. The number of benzene rings is 2. The van der Waals surface area contributed by atoms with Crippen LogP contribution >= 0.6 is 0 Å². The number of hydrogen-bond acceptors (Lipinski definition) is 7. The average Bonchev–Trinajstić information content (AvgIpc) is 2.66. The van der Waals surface area contributed by atoms with Crippen LogP contribution in [0.2, 0.25) is 0 Å². The summed E-state index contributed by atoms with van der Waals surface area (Å²) in [5.41, 5.74) is 11.6. The third-order valence-corrected chi connectivity index (χ3v) is 3.51. The van der Waals surface area contributed by atoms with Crippen molar-refractivity contribution >= 4 is 17.7 Å². The third kappa shape index (κ3) is 4.75. The Bertz CT molecular complexity index is 803. The zero-order valence-electron chi connectivity index (χ0n) is 14.3. The summed E-state index contributed by atoms with van der Waals surface area (Å²) in [7, 11) is 0. The molecule has 0 bridgehead atoms. The Labute approximate surface area is 150 Å². The van der Waals surface area contributed by atoms with Gasteiger partial charge in [-0.1, -0.05) is 36.4 Å². The van der Waals surface area contributed by atoms with Crippen LogP contribution in [-0.2, 0) is 16.1 Å². The minimum Gasteiger partial charge on any atom is -0.457 e. The van der Waals surface area contributed by atoms with Crippen molar-refractivity contribution in [1.82, 2.24) is 0 Å². The maximum atomic E-state index is 12.5. The summed E-state index contributed by atoms with van der Waals surface area (Å²) in [6.07, 6.45) is 0.